The van der Waals surface area contributed by atoms with Crippen LogP contribution < -0.4 is 4.90 Å². The Bertz CT molecular complexity index is 487. The van der Waals surface area contributed by atoms with Gasteiger partial charge in [0.15, 0.2) is 0 Å². The third-order valence-corrected chi connectivity index (χ3v) is 5.61. The maximum Gasteiger partial charge on any atom is 0.146 e. The topological polar surface area (TPSA) is 29.0 Å². The molecule has 4 heteroatoms. The highest BCUT2D eigenvalue weighted by Crippen LogP contribution is 2.41. The van der Waals surface area contributed by atoms with Crippen molar-refractivity contribution in [1.82, 2.24) is 9.97 Å². The van der Waals surface area contributed by atoms with Crippen molar-refractivity contribution in [2.45, 2.75) is 69.7 Å². The van der Waals surface area contributed by atoms with E-state index < -0.39 is 0 Å². The van der Waals surface area contributed by atoms with E-state index in [1.165, 1.54) is 54.4 Å². The number of hydrogen-bond donors (Lipinski definition) is 0. The normalized spacial score (nSPS) is 22.4. The van der Waals surface area contributed by atoms with Crippen molar-refractivity contribution in [1.29, 1.82) is 0 Å². The van der Waals surface area contributed by atoms with Gasteiger partial charge in [-0.25, -0.2) is 9.97 Å². The van der Waals surface area contributed by atoms with Gasteiger partial charge in [-0.05, 0) is 19.3 Å². The molecule has 1 aromatic heterocycles. The number of anilines is 1. The van der Waals surface area contributed by atoms with Crippen LogP contribution in [0.1, 0.15) is 63.9 Å². The zero-order valence-electron chi connectivity index (χ0n) is 12.9. The first-order valence-electron chi connectivity index (χ1n) is 8.01. The lowest BCUT2D eigenvalue weighted by atomic mass is 10.1. The molecule has 0 bridgehead atoms. The lowest BCUT2D eigenvalue weighted by molar-refractivity contribution is 0.599. The Balaban J connectivity index is 2.06. The standard InChI is InChI=1S/C16H25N3S/c1-4-13-14-16(18-15(17-13)11(2)3)19-9-7-5-6-8-12(19)10-20-14/h11-12H,4-10H2,1-3H3. The number of aryl methyl sites for hydroxylation is 1. The van der Waals surface area contributed by atoms with Crippen LogP contribution in [0.2, 0.25) is 0 Å². The molecule has 3 heterocycles. The number of hydrogen-bond acceptors (Lipinski definition) is 4. The highest BCUT2D eigenvalue weighted by Gasteiger charge is 2.31. The summed E-state index contributed by atoms with van der Waals surface area (Å²) >= 11 is 1.99. The van der Waals surface area contributed by atoms with Gasteiger partial charge in [-0.1, -0.05) is 33.6 Å². The molecule has 0 aromatic carbocycles. The Morgan fingerprint density at radius 1 is 1.25 bits per heavy atom. The fraction of sp³-hybridized carbons (Fsp3) is 0.750. The molecular formula is C16H25N3S. The van der Waals surface area contributed by atoms with Crippen LogP contribution in [0, 0.1) is 0 Å². The number of nitrogens with zero attached hydrogens (tertiary/aromatic N) is 3. The van der Waals surface area contributed by atoms with Gasteiger partial charge in [0.25, 0.3) is 0 Å². The zero-order chi connectivity index (χ0) is 14.1. The Hall–Kier alpha value is -0.770. The molecule has 0 amide bonds. The average molecular weight is 291 g/mol. The van der Waals surface area contributed by atoms with Gasteiger partial charge < -0.3 is 4.90 Å². The molecule has 20 heavy (non-hydrogen) atoms. The third-order valence-electron chi connectivity index (χ3n) is 4.36. The molecule has 110 valence electrons. The number of aromatic nitrogens is 2. The molecule has 0 aliphatic carbocycles. The summed E-state index contributed by atoms with van der Waals surface area (Å²) in [5.41, 5.74) is 1.26. The molecule has 0 radical (unpaired) electrons. The minimum atomic E-state index is 0.406. The third kappa shape index (κ3) is 2.54. The summed E-state index contributed by atoms with van der Waals surface area (Å²) in [7, 11) is 0. The van der Waals surface area contributed by atoms with Crippen molar-refractivity contribution in [2.75, 3.05) is 17.2 Å². The van der Waals surface area contributed by atoms with Crippen molar-refractivity contribution < 1.29 is 0 Å². The molecule has 0 spiro atoms. The minimum Gasteiger partial charge on any atom is -0.352 e. The van der Waals surface area contributed by atoms with Crippen molar-refractivity contribution in [3.05, 3.63) is 11.5 Å². The first-order valence-corrected chi connectivity index (χ1v) is 8.99. The van der Waals surface area contributed by atoms with Crippen molar-refractivity contribution in [3.8, 4) is 0 Å². The monoisotopic (exact) mass is 291 g/mol. The Morgan fingerprint density at radius 2 is 2.10 bits per heavy atom. The molecular weight excluding hydrogens is 266 g/mol. The van der Waals surface area contributed by atoms with Gasteiger partial charge in [0.1, 0.15) is 11.6 Å². The number of rotatable bonds is 2. The van der Waals surface area contributed by atoms with Crippen LogP contribution in [0.4, 0.5) is 5.82 Å². The minimum absolute atomic E-state index is 0.406. The number of fused-ring (bicyclic) bond motifs is 3. The molecule has 3 nitrogen and oxygen atoms in total. The van der Waals surface area contributed by atoms with Crippen molar-refractivity contribution in [2.24, 2.45) is 0 Å². The van der Waals surface area contributed by atoms with Crippen LogP contribution in [-0.4, -0.2) is 28.3 Å². The lowest BCUT2D eigenvalue weighted by Crippen LogP contribution is -2.40. The summed E-state index contributed by atoms with van der Waals surface area (Å²) in [6.07, 6.45) is 6.39. The summed E-state index contributed by atoms with van der Waals surface area (Å²) in [6, 6.07) is 0.689. The Morgan fingerprint density at radius 3 is 2.85 bits per heavy atom. The van der Waals surface area contributed by atoms with Crippen LogP contribution >= 0.6 is 11.8 Å². The molecule has 0 saturated carbocycles. The Labute approximate surface area is 126 Å². The van der Waals surface area contributed by atoms with E-state index in [0.29, 0.717) is 12.0 Å². The van der Waals surface area contributed by atoms with Crippen LogP contribution in [0.25, 0.3) is 0 Å². The largest absolute Gasteiger partial charge is 0.352 e. The highest BCUT2D eigenvalue weighted by molar-refractivity contribution is 7.99. The van der Waals surface area contributed by atoms with Gasteiger partial charge in [0.2, 0.25) is 0 Å². The van der Waals surface area contributed by atoms with E-state index in [-0.39, 0.29) is 0 Å². The van der Waals surface area contributed by atoms with E-state index in [2.05, 4.69) is 25.7 Å². The lowest BCUT2D eigenvalue weighted by Gasteiger charge is -2.37. The zero-order valence-corrected chi connectivity index (χ0v) is 13.7. The van der Waals surface area contributed by atoms with E-state index in [9.17, 15) is 0 Å². The predicted octanol–water partition coefficient (Wildman–Crippen LogP) is 4.02. The summed E-state index contributed by atoms with van der Waals surface area (Å²) in [4.78, 5) is 13.7. The molecule has 1 atom stereocenters. The van der Waals surface area contributed by atoms with E-state index in [4.69, 9.17) is 9.97 Å². The van der Waals surface area contributed by atoms with Gasteiger partial charge in [0.05, 0.1) is 10.6 Å². The second kappa shape index (κ2) is 5.92. The SMILES string of the molecule is CCc1nc(C(C)C)nc2c1SCC1CCCCCN21. The molecule has 1 aromatic rings. The molecule has 0 N–H and O–H groups in total. The van der Waals surface area contributed by atoms with Gasteiger partial charge in [-0.2, -0.15) is 0 Å². The molecule has 3 rings (SSSR count). The van der Waals surface area contributed by atoms with Gasteiger partial charge in [-0.15, -0.1) is 11.8 Å². The first kappa shape index (κ1) is 14.2. The molecule has 1 fully saturated rings. The first-order chi connectivity index (χ1) is 9.70. The molecule has 1 unspecified atom stereocenters. The Kier molecular flexibility index (Phi) is 4.20. The van der Waals surface area contributed by atoms with Gasteiger partial charge in [0, 0.05) is 24.3 Å². The second-order valence-electron chi connectivity index (χ2n) is 6.20. The summed E-state index contributed by atoms with van der Waals surface area (Å²) in [6.45, 7) is 7.77. The smallest absolute Gasteiger partial charge is 0.146 e. The van der Waals surface area contributed by atoms with Crippen LogP contribution in [0.15, 0.2) is 4.90 Å². The van der Waals surface area contributed by atoms with Gasteiger partial charge in [-0.3, -0.25) is 0 Å². The predicted molar refractivity (Wildman–Crippen MR) is 85.8 cm³/mol. The average Bonchev–Trinajstić information content (AvgIpc) is 2.71. The summed E-state index contributed by atoms with van der Waals surface area (Å²) in [5, 5.41) is 0. The maximum atomic E-state index is 4.94. The van der Waals surface area contributed by atoms with E-state index in [0.717, 1.165) is 12.2 Å². The van der Waals surface area contributed by atoms with Crippen LogP contribution in [-0.2, 0) is 6.42 Å². The highest BCUT2D eigenvalue weighted by atomic mass is 32.2. The fourth-order valence-electron chi connectivity index (χ4n) is 3.15. The maximum absolute atomic E-state index is 4.94. The van der Waals surface area contributed by atoms with E-state index in [1.54, 1.807) is 0 Å². The molecule has 2 aliphatic heterocycles. The van der Waals surface area contributed by atoms with E-state index >= 15 is 0 Å². The van der Waals surface area contributed by atoms with Crippen molar-refractivity contribution in [3.63, 3.8) is 0 Å². The second-order valence-corrected chi connectivity index (χ2v) is 7.23. The number of thioether (sulfide) groups is 1. The summed E-state index contributed by atoms with van der Waals surface area (Å²) in [5.74, 6) is 3.88. The van der Waals surface area contributed by atoms with Crippen molar-refractivity contribution >= 4 is 17.6 Å². The molecule has 1 saturated heterocycles. The van der Waals surface area contributed by atoms with E-state index in [1.807, 2.05) is 11.8 Å². The molecule has 2 aliphatic rings. The van der Waals surface area contributed by atoms with Crippen LogP contribution in [0.3, 0.4) is 0 Å². The fourth-order valence-corrected chi connectivity index (χ4v) is 4.51. The quantitative estimate of drug-likeness (QED) is 0.823. The van der Waals surface area contributed by atoms with Gasteiger partial charge >= 0.3 is 0 Å². The van der Waals surface area contributed by atoms with Crippen LogP contribution in [0.5, 0.6) is 0 Å². The summed E-state index contributed by atoms with van der Waals surface area (Å²) < 4.78 is 0.